The molecule has 3 rings (SSSR count). The van der Waals surface area contributed by atoms with E-state index in [-0.39, 0.29) is 6.10 Å². The van der Waals surface area contributed by atoms with Gasteiger partial charge in [0.15, 0.2) is 0 Å². The van der Waals surface area contributed by atoms with Crippen LogP contribution in [0.5, 0.6) is 0 Å². The van der Waals surface area contributed by atoms with Gasteiger partial charge in [0, 0.05) is 19.1 Å². The molecule has 3 fully saturated rings. The summed E-state index contributed by atoms with van der Waals surface area (Å²) in [6.45, 7) is 8.62. The standard InChI is InChI=1S/C17H32N2O/c1-14-5-6-17(20)15(11-14)12-18-10-7-16(13-18)19-8-3-2-4-9-19/h14-17,20H,2-13H2,1H3. The maximum atomic E-state index is 10.2. The molecule has 3 nitrogen and oxygen atoms in total. The summed E-state index contributed by atoms with van der Waals surface area (Å²) in [5, 5.41) is 10.2. The van der Waals surface area contributed by atoms with Crippen LogP contribution in [0, 0.1) is 11.8 Å². The fourth-order valence-corrected chi connectivity index (χ4v) is 4.57. The molecule has 0 aromatic heterocycles. The van der Waals surface area contributed by atoms with E-state index < -0.39 is 0 Å². The number of rotatable bonds is 3. The summed E-state index contributed by atoms with van der Waals surface area (Å²) in [5.41, 5.74) is 0. The third-order valence-corrected chi connectivity index (χ3v) is 5.85. The first kappa shape index (κ1) is 14.8. The van der Waals surface area contributed by atoms with Gasteiger partial charge in [-0.05, 0) is 70.0 Å². The average molecular weight is 280 g/mol. The van der Waals surface area contributed by atoms with Gasteiger partial charge < -0.3 is 10.0 Å². The van der Waals surface area contributed by atoms with Crippen LogP contribution in [0.3, 0.4) is 0 Å². The van der Waals surface area contributed by atoms with Gasteiger partial charge in [0.25, 0.3) is 0 Å². The highest BCUT2D eigenvalue weighted by molar-refractivity contribution is 4.88. The predicted molar refractivity (Wildman–Crippen MR) is 82.8 cm³/mol. The van der Waals surface area contributed by atoms with Crippen LogP contribution in [-0.4, -0.2) is 59.8 Å². The third-order valence-electron chi connectivity index (χ3n) is 5.85. The molecular formula is C17H32N2O. The predicted octanol–water partition coefficient (Wildman–Crippen LogP) is 2.34. The zero-order valence-corrected chi connectivity index (χ0v) is 13.1. The van der Waals surface area contributed by atoms with Crippen molar-refractivity contribution < 1.29 is 5.11 Å². The number of hydrogen-bond donors (Lipinski definition) is 1. The highest BCUT2D eigenvalue weighted by Gasteiger charge is 2.33. The Morgan fingerprint density at radius 2 is 1.80 bits per heavy atom. The monoisotopic (exact) mass is 280 g/mol. The molecule has 0 aromatic carbocycles. The first-order valence-electron chi connectivity index (χ1n) is 8.87. The van der Waals surface area contributed by atoms with Gasteiger partial charge >= 0.3 is 0 Å². The summed E-state index contributed by atoms with van der Waals surface area (Å²) in [5.74, 6) is 1.34. The van der Waals surface area contributed by atoms with E-state index in [2.05, 4.69) is 16.7 Å². The van der Waals surface area contributed by atoms with Gasteiger partial charge in [-0.2, -0.15) is 0 Å². The van der Waals surface area contributed by atoms with Crippen molar-refractivity contribution in [2.75, 3.05) is 32.7 Å². The van der Waals surface area contributed by atoms with Crippen molar-refractivity contribution in [3.63, 3.8) is 0 Å². The fourth-order valence-electron chi connectivity index (χ4n) is 4.57. The average Bonchev–Trinajstić information content (AvgIpc) is 2.92. The molecule has 20 heavy (non-hydrogen) atoms. The first-order valence-corrected chi connectivity index (χ1v) is 8.87. The van der Waals surface area contributed by atoms with Gasteiger partial charge in [-0.25, -0.2) is 0 Å². The summed E-state index contributed by atoms with van der Waals surface area (Å²) < 4.78 is 0. The largest absolute Gasteiger partial charge is 0.393 e. The molecule has 0 spiro atoms. The van der Waals surface area contributed by atoms with Crippen LogP contribution in [-0.2, 0) is 0 Å². The molecule has 4 atom stereocenters. The molecular weight excluding hydrogens is 248 g/mol. The maximum Gasteiger partial charge on any atom is 0.0580 e. The second-order valence-electron chi connectivity index (χ2n) is 7.54. The molecule has 0 aromatic rings. The highest BCUT2D eigenvalue weighted by atomic mass is 16.3. The lowest BCUT2D eigenvalue weighted by atomic mass is 9.80. The molecule has 3 heteroatoms. The first-order chi connectivity index (χ1) is 9.72. The van der Waals surface area contributed by atoms with Crippen LogP contribution in [0.15, 0.2) is 0 Å². The SMILES string of the molecule is CC1CCC(O)C(CN2CCC(N3CCCCC3)C2)C1. The maximum absolute atomic E-state index is 10.2. The van der Waals surface area contributed by atoms with Crippen molar-refractivity contribution in [3.8, 4) is 0 Å². The van der Waals surface area contributed by atoms with E-state index in [1.807, 2.05) is 0 Å². The van der Waals surface area contributed by atoms with Crippen molar-refractivity contribution in [3.05, 3.63) is 0 Å². The van der Waals surface area contributed by atoms with E-state index in [1.54, 1.807) is 0 Å². The van der Waals surface area contributed by atoms with E-state index in [1.165, 1.54) is 64.7 Å². The summed E-state index contributed by atoms with van der Waals surface area (Å²) in [6.07, 6.45) is 9.00. The number of piperidine rings is 1. The highest BCUT2D eigenvalue weighted by Crippen LogP contribution is 2.31. The molecule has 0 bridgehead atoms. The van der Waals surface area contributed by atoms with Gasteiger partial charge in [0.2, 0.25) is 0 Å². The summed E-state index contributed by atoms with van der Waals surface area (Å²) in [4.78, 5) is 5.36. The summed E-state index contributed by atoms with van der Waals surface area (Å²) in [6, 6.07) is 0.799. The van der Waals surface area contributed by atoms with Crippen molar-refractivity contribution in [1.82, 2.24) is 9.80 Å². The van der Waals surface area contributed by atoms with Crippen molar-refractivity contribution >= 4 is 0 Å². The van der Waals surface area contributed by atoms with Gasteiger partial charge in [-0.3, -0.25) is 4.90 Å². The minimum atomic E-state index is -0.0414. The van der Waals surface area contributed by atoms with Crippen LogP contribution in [0.4, 0.5) is 0 Å². The van der Waals surface area contributed by atoms with Crippen molar-refractivity contribution in [2.45, 2.75) is 64.0 Å². The lowest BCUT2D eigenvalue weighted by molar-refractivity contribution is 0.0330. The minimum Gasteiger partial charge on any atom is -0.393 e. The molecule has 1 N–H and O–H groups in total. The van der Waals surface area contributed by atoms with E-state index in [4.69, 9.17) is 0 Å². The van der Waals surface area contributed by atoms with Gasteiger partial charge in [-0.15, -0.1) is 0 Å². The lowest BCUT2D eigenvalue weighted by Crippen LogP contribution is -2.42. The Morgan fingerprint density at radius 1 is 1.00 bits per heavy atom. The minimum absolute atomic E-state index is 0.0414. The molecule has 1 aliphatic carbocycles. The van der Waals surface area contributed by atoms with Gasteiger partial charge in [-0.1, -0.05) is 13.3 Å². The van der Waals surface area contributed by atoms with Crippen molar-refractivity contribution in [2.24, 2.45) is 11.8 Å². The van der Waals surface area contributed by atoms with Crippen LogP contribution in [0.1, 0.15) is 51.9 Å². The van der Waals surface area contributed by atoms with Crippen LogP contribution in [0.25, 0.3) is 0 Å². The Labute approximate surface area is 124 Å². The summed E-state index contributed by atoms with van der Waals surface area (Å²) in [7, 11) is 0. The number of aliphatic hydroxyl groups excluding tert-OH is 1. The number of aliphatic hydroxyl groups is 1. The molecule has 0 amide bonds. The van der Waals surface area contributed by atoms with Crippen LogP contribution >= 0.6 is 0 Å². The quantitative estimate of drug-likeness (QED) is 0.859. The Bertz CT molecular complexity index is 303. The Kier molecular flexibility index (Phi) is 5.00. The van der Waals surface area contributed by atoms with Crippen LogP contribution < -0.4 is 0 Å². The normalized spacial score (nSPS) is 41.1. The molecule has 2 saturated heterocycles. The molecule has 3 aliphatic rings. The topological polar surface area (TPSA) is 26.7 Å². The lowest BCUT2D eigenvalue weighted by Gasteiger charge is -2.35. The molecule has 2 aliphatic heterocycles. The molecule has 116 valence electrons. The van der Waals surface area contributed by atoms with E-state index in [0.717, 1.165) is 24.9 Å². The smallest absolute Gasteiger partial charge is 0.0580 e. The number of hydrogen-bond acceptors (Lipinski definition) is 3. The second-order valence-corrected chi connectivity index (χ2v) is 7.54. The van der Waals surface area contributed by atoms with Gasteiger partial charge in [0.05, 0.1) is 6.10 Å². The van der Waals surface area contributed by atoms with E-state index in [0.29, 0.717) is 5.92 Å². The van der Waals surface area contributed by atoms with Gasteiger partial charge in [0.1, 0.15) is 0 Å². The fraction of sp³-hybridized carbons (Fsp3) is 1.00. The Balaban J connectivity index is 1.47. The third kappa shape index (κ3) is 3.55. The van der Waals surface area contributed by atoms with Crippen molar-refractivity contribution in [1.29, 1.82) is 0 Å². The summed E-state index contributed by atoms with van der Waals surface area (Å²) >= 11 is 0. The molecule has 2 heterocycles. The second kappa shape index (κ2) is 6.76. The Morgan fingerprint density at radius 3 is 2.60 bits per heavy atom. The zero-order valence-electron chi connectivity index (χ0n) is 13.1. The molecule has 1 saturated carbocycles. The van der Waals surface area contributed by atoms with E-state index >= 15 is 0 Å². The zero-order chi connectivity index (χ0) is 13.9. The van der Waals surface area contributed by atoms with E-state index in [9.17, 15) is 5.11 Å². The molecule has 0 radical (unpaired) electrons. The number of likely N-dealkylation sites (tertiary alicyclic amines) is 2. The molecule has 4 unspecified atom stereocenters. The van der Waals surface area contributed by atoms with Crippen LogP contribution in [0.2, 0.25) is 0 Å². The number of nitrogens with zero attached hydrogens (tertiary/aromatic N) is 2. The Hall–Kier alpha value is -0.120.